The Bertz CT molecular complexity index is 1070. The Balaban J connectivity index is 1.42. The van der Waals surface area contributed by atoms with Gasteiger partial charge in [0.1, 0.15) is 22.8 Å². The third-order valence-electron chi connectivity index (χ3n) is 4.27. The van der Waals surface area contributed by atoms with Gasteiger partial charge >= 0.3 is 0 Å². The Morgan fingerprint density at radius 1 is 0.963 bits per heavy atom. The minimum Gasteiger partial charge on any atom is -0.457 e. The fourth-order valence-corrected chi connectivity index (χ4v) is 2.95. The molecule has 0 saturated heterocycles. The van der Waals surface area contributed by atoms with Crippen molar-refractivity contribution >= 4 is 11.6 Å². The van der Waals surface area contributed by atoms with Crippen molar-refractivity contribution in [1.82, 2.24) is 14.7 Å². The lowest BCUT2D eigenvalue weighted by Crippen LogP contribution is -2.24. The van der Waals surface area contributed by atoms with Crippen LogP contribution in [0.5, 0.6) is 11.5 Å². The van der Waals surface area contributed by atoms with Crippen LogP contribution in [0.15, 0.2) is 79.0 Å². The molecule has 134 valence electrons. The molecule has 0 unspecified atom stereocenters. The van der Waals surface area contributed by atoms with Gasteiger partial charge in [0, 0.05) is 12.7 Å². The fraction of sp³-hybridized carbons (Fsp3) is 0.0909. The molecule has 5 heteroatoms. The molecule has 4 rings (SSSR count). The summed E-state index contributed by atoms with van der Waals surface area (Å²) in [6, 6.07) is 23.0. The van der Waals surface area contributed by atoms with Crippen molar-refractivity contribution in [3.63, 3.8) is 0 Å². The normalized spacial score (nSPS) is 10.7. The van der Waals surface area contributed by atoms with Gasteiger partial charge < -0.3 is 10.1 Å². The fourth-order valence-electron chi connectivity index (χ4n) is 2.95. The molecule has 1 amide bonds. The summed E-state index contributed by atoms with van der Waals surface area (Å²) in [5.41, 5.74) is 3.04. The first-order valence-corrected chi connectivity index (χ1v) is 8.74. The summed E-state index contributed by atoms with van der Waals surface area (Å²) in [5, 5.41) is 2.96. The smallest absolute Gasteiger partial charge is 0.270 e. The van der Waals surface area contributed by atoms with Crippen molar-refractivity contribution in [3.05, 3.63) is 95.9 Å². The molecular weight excluding hydrogens is 338 g/mol. The van der Waals surface area contributed by atoms with E-state index in [0.29, 0.717) is 17.9 Å². The minimum atomic E-state index is -0.143. The number of nitrogens with zero attached hydrogens (tertiary/aromatic N) is 2. The number of benzene rings is 2. The Morgan fingerprint density at radius 3 is 2.44 bits per heavy atom. The molecule has 5 nitrogen and oxygen atoms in total. The van der Waals surface area contributed by atoms with Crippen molar-refractivity contribution in [2.24, 2.45) is 0 Å². The monoisotopic (exact) mass is 357 g/mol. The molecular formula is C22H19N3O2. The summed E-state index contributed by atoms with van der Waals surface area (Å²) in [6.07, 6.45) is 1.85. The topological polar surface area (TPSA) is 55.6 Å². The van der Waals surface area contributed by atoms with Gasteiger partial charge in [0.25, 0.3) is 5.91 Å². The number of pyridine rings is 1. The molecule has 0 saturated carbocycles. The summed E-state index contributed by atoms with van der Waals surface area (Å²) < 4.78 is 7.59. The number of fused-ring (bicyclic) bond motifs is 1. The summed E-state index contributed by atoms with van der Waals surface area (Å²) >= 11 is 0. The highest BCUT2D eigenvalue weighted by atomic mass is 16.5. The molecule has 2 heterocycles. The van der Waals surface area contributed by atoms with Crippen molar-refractivity contribution in [2.45, 2.75) is 13.5 Å². The third kappa shape index (κ3) is 3.67. The number of ether oxygens (including phenoxy) is 1. The summed E-state index contributed by atoms with van der Waals surface area (Å²) in [6.45, 7) is 2.28. The van der Waals surface area contributed by atoms with Gasteiger partial charge in [-0.2, -0.15) is 0 Å². The molecule has 0 bridgehead atoms. The zero-order valence-corrected chi connectivity index (χ0v) is 14.9. The number of rotatable bonds is 5. The number of imidazole rings is 1. The molecule has 1 N–H and O–H groups in total. The van der Waals surface area contributed by atoms with Crippen LogP contribution in [0.4, 0.5) is 0 Å². The van der Waals surface area contributed by atoms with Crippen molar-refractivity contribution < 1.29 is 9.53 Å². The number of carbonyl (C=O) groups excluding carboxylic acids is 1. The Morgan fingerprint density at radius 2 is 1.67 bits per heavy atom. The first kappa shape index (κ1) is 16.8. The van der Waals surface area contributed by atoms with Crippen LogP contribution in [0, 0.1) is 6.92 Å². The molecule has 2 aromatic carbocycles. The Kier molecular flexibility index (Phi) is 4.58. The van der Waals surface area contributed by atoms with Crippen molar-refractivity contribution in [1.29, 1.82) is 0 Å². The van der Waals surface area contributed by atoms with Crippen LogP contribution < -0.4 is 10.1 Å². The number of aromatic nitrogens is 2. The lowest BCUT2D eigenvalue weighted by Gasteiger charge is -2.08. The number of hydrogen-bond donors (Lipinski definition) is 1. The molecule has 0 aliphatic carbocycles. The standard InChI is InChI=1S/C22H19N3O2/c1-16-21(25-14-6-5-9-20(25)24-16)22(26)23-15-17-10-12-19(13-11-17)27-18-7-3-2-4-8-18/h2-14H,15H2,1H3,(H,23,26). The second-order valence-electron chi connectivity index (χ2n) is 6.22. The van der Waals surface area contributed by atoms with E-state index < -0.39 is 0 Å². The number of aryl methyl sites for hydroxylation is 1. The van der Waals surface area contributed by atoms with E-state index in [9.17, 15) is 4.79 Å². The van der Waals surface area contributed by atoms with Crippen LogP contribution in [0.2, 0.25) is 0 Å². The van der Waals surface area contributed by atoms with Gasteiger partial charge in [-0.1, -0.05) is 36.4 Å². The predicted octanol–water partition coefficient (Wildman–Crippen LogP) is 4.37. The quantitative estimate of drug-likeness (QED) is 0.577. The van der Waals surface area contributed by atoms with Crippen LogP contribution in [0.25, 0.3) is 5.65 Å². The van der Waals surface area contributed by atoms with Gasteiger partial charge in [-0.15, -0.1) is 0 Å². The van der Waals surface area contributed by atoms with E-state index in [1.165, 1.54) is 0 Å². The van der Waals surface area contributed by atoms with E-state index in [4.69, 9.17) is 4.74 Å². The maximum atomic E-state index is 12.6. The SMILES string of the molecule is Cc1nc2ccccn2c1C(=O)NCc1ccc(Oc2ccccc2)cc1. The van der Waals surface area contributed by atoms with Gasteiger partial charge in [0.15, 0.2) is 0 Å². The largest absolute Gasteiger partial charge is 0.457 e. The van der Waals surface area contributed by atoms with Gasteiger partial charge in [-0.3, -0.25) is 9.20 Å². The average Bonchev–Trinajstić information content (AvgIpc) is 3.04. The molecule has 0 spiro atoms. The van der Waals surface area contributed by atoms with Crippen molar-refractivity contribution in [2.75, 3.05) is 0 Å². The maximum absolute atomic E-state index is 12.6. The van der Waals surface area contributed by atoms with Crippen LogP contribution in [0.1, 0.15) is 21.7 Å². The van der Waals surface area contributed by atoms with E-state index in [1.807, 2.05) is 90.3 Å². The lowest BCUT2D eigenvalue weighted by molar-refractivity contribution is 0.0944. The zero-order chi connectivity index (χ0) is 18.6. The Labute approximate surface area is 157 Å². The van der Waals surface area contributed by atoms with Crippen LogP contribution in [0.3, 0.4) is 0 Å². The molecule has 0 atom stereocenters. The average molecular weight is 357 g/mol. The lowest BCUT2D eigenvalue weighted by atomic mass is 10.2. The van der Waals surface area contributed by atoms with E-state index in [2.05, 4.69) is 10.3 Å². The highest BCUT2D eigenvalue weighted by Gasteiger charge is 2.15. The van der Waals surface area contributed by atoms with Gasteiger partial charge in [-0.05, 0) is 48.9 Å². The molecule has 4 aromatic rings. The summed E-state index contributed by atoms with van der Waals surface area (Å²) in [7, 11) is 0. The van der Waals surface area contributed by atoms with Gasteiger partial charge in [0.05, 0.1) is 5.69 Å². The zero-order valence-electron chi connectivity index (χ0n) is 14.9. The second kappa shape index (κ2) is 7.33. The second-order valence-corrected chi connectivity index (χ2v) is 6.22. The molecule has 27 heavy (non-hydrogen) atoms. The highest BCUT2D eigenvalue weighted by molar-refractivity contribution is 5.94. The van der Waals surface area contributed by atoms with Crippen molar-refractivity contribution in [3.8, 4) is 11.5 Å². The number of carbonyl (C=O) groups is 1. The van der Waals surface area contributed by atoms with Gasteiger partial charge in [-0.25, -0.2) is 4.98 Å². The Hall–Kier alpha value is -3.60. The molecule has 0 aliphatic rings. The predicted molar refractivity (Wildman–Crippen MR) is 104 cm³/mol. The number of para-hydroxylation sites is 1. The van der Waals surface area contributed by atoms with E-state index in [1.54, 1.807) is 0 Å². The first-order chi connectivity index (χ1) is 13.2. The van der Waals surface area contributed by atoms with Crippen LogP contribution in [-0.2, 0) is 6.54 Å². The number of amides is 1. The van der Waals surface area contributed by atoms with Crippen LogP contribution >= 0.6 is 0 Å². The number of nitrogens with one attached hydrogen (secondary N) is 1. The summed E-state index contributed by atoms with van der Waals surface area (Å²) in [4.78, 5) is 17.1. The van der Waals surface area contributed by atoms with Gasteiger partial charge in [0.2, 0.25) is 0 Å². The highest BCUT2D eigenvalue weighted by Crippen LogP contribution is 2.21. The van der Waals surface area contributed by atoms with E-state index in [0.717, 1.165) is 22.7 Å². The van der Waals surface area contributed by atoms with Crippen LogP contribution in [-0.4, -0.2) is 15.3 Å². The molecule has 0 aliphatic heterocycles. The molecule has 0 fully saturated rings. The van der Waals surface area contributed by atoms with E-state index >= 15 is 0 Å². The first-order valence-electron chi connectivity index (χ1n) is 8.74. The number of hydrogen-bond acceptors (Lipinski definition) is 3. The molecule has 0 radical (unpaired) electrons. The minimum absolute atomic E-state index is 0.143. The van der Waals surface area contributed by atoms with E-state index in [-0.39, 0.29) is 5.91 Å². The summed E-state index contributed by atoms with van der Waals surface area (Å²) in [5.74, 6) is 1.41. The third-order valence-corrected chi connectivity index (χ3v) is 4.27. The molecule has 2 aromatic heterocycles. The maximum Gasteiger partial charge on any atom is 0.270 e.